The van der Waals surface area contributed by atoms with Gasteiger partial charge in [0.25, 0.3) is 0 Å². The number of hydrogen-bond acceptors (Lipinski definition) is 4. The first-order chi connectivity index (χ1) is 13.2. The predicted octanol–water partition coefficient (Wildman–Crippen LogP) is 3.70. The van der Waals surface area contributed by atoms with E-state index in [1.807, 2.05) is 84.9 Å². The van der Waals surface area contributed by atoms with Crippen molar-refractivity contribution >= 4 is 5.97 Å². The molecule has 0 fully saturated rings. The van der Waals surface area contributed by atoms with Crippen LogP contribution in [0.4, 0.5) is 0 Å². The minimum atomic E-state index is -1.31. The maximum Gasteiger partial charge on any atom is 0.127 e. The second-order valence-electron chi connectivity index (χ2n) is 5.89. The predicted molar refractivity (Wildman–Crippen MR) is 99.8 cm³/mol. The number of rotatable bonds is 5. The molecule has 5 heteroatoms. The third kappa shape index (κ3) is 3.57. The summed E-state index contributed by atoms with van der Waals surface area (Å²) in [6.07, 6.45) is 0. The molecule has 4 aromatic rings. The number of benzene rings is 3. The molecule has 0 spiro atoms. The van der Waals surface area contributed by atoms with E-state index in [2.05, 4.69) is 5.10 Å². The lowest BCUT2D eigenvalue weighted by molar-refractivity contribution is -0.255. The SMILES string of the molecule is O=C([O-])c1cc(-c2ccc(Oc3ccccc3)cc2)n(-c2ccccc2)n1. The maximum atomic E-state index is 11.3. The van der Waals surface area contributed by atoms with Gasteiger partial charge in [0, 0.05) is 5.56 Å². The van der Waals surface area contributed by atoms with Crippen LogP contribution in [0.3, 0.4) is 0 Å². The molecule has 0 radical (unpaired) electrons. The van der Waals surface area contributed by atoms with Gasteiger partial charge >= 0.3 is 0 Å². The molecule has 0 aliphatic heterocycles. The summed E-state index contributed by atoms with van der Waals surface area (Å²) in [5.74, 6) is 0.129. The van der Waals surface area contributed by atoms with E-state index in [4.69, 9.17) is 4.74 Å². The molecule has 0 bridgehead atoms. The normalized spacial score (nSPS) is 10.5. The summed E-state index contributed by atoms with van der Waals surface area (Å²) in [5.41, 5.74) is 2.13. The van der Waals surface area contributed by atoms with Gasteiger partial charge in [-0.3, -0.25) is 0 Å². The number of carbonyl (C=O) groups is 1. The van der Waals surface area contributed by atoms with Gasteiger partial charge in [-0.05, 0) is 54.6 Å². The van der Waals surface area contributed by atoms with Crippen LogP contribution in [0.2, 0.25) is 0 Å². The van der Waals surface area contributed by atoms with E-state index in [1.54, 1.807) is 4.68 Å². The first-order valence-electron chi connectivity index (χ1n) is 8.41. The Labute approximate surface area is 156 Å². The van der Waals surface area contributed by atoms with Gasteiger partial charge in [-0.1, -0.05) is 36.4 Å². The molecule has 0 unspecified atom stereocenters. The van der Waals surface area contributed by atoms with Gasteiger partial charge in [-0.25, -0.2) is 4.68 Å². The summed E-state index contributed by atoms with van der Waals surface area (Å²) in [6.45, 7) is 0. The first-order valence-corrected chi connectivity index (χ1v) is 8.41. The highest BCUT2D eigenvalue weighted by Gasteiger charge is 2.12. The summed E-state index contributed by atoms with van der Waals surface area (Å²) in [5, 5.41) is 15.4. The molecule has 132 valence electrons. The Morgan fingerprint density at radius 1 is 0.815 bits per heavy atom. The molecule has 3 aromatic carbocycles. The molecule has 1 aromatic heterocycles. The molecule has 0 N–H and O–H groups in total. The summed E-state index contributed by atoms with van der Waals surface area (Å²) < 4.78 is 7.40. The minimum absolute atomic E-state index is 0.113. The fourth-order valence-corrected chi connectivity index (χ4v) is 2.77. The zero-order valence-corrected chi connectivity index (χ0v) is 14.3. The number of carbonyl (C=O) groups excluding carboxylic acids is 1. The Balaban J connectivity index is 1.69. The third-order valence-electron chi connectivity index (χ3n) is 4.05. The van der Waals surface area contributed by atoms with Crippen molar-refractivity contribution in [2.24, 2.45) is 0 Å². The van der Waals surface area contributed by atoms with Crippen molar-refractivity contribution in [3.8, 4) is 28.4 Å². The number of para-hydroxylation sites is 2. The first kappa shape index (κ1) is 16.6. The number of ether oxygens (including phenoxy) is 1. The van der Waals surface area contributed by atoms with Crippen LogP contribution in [0.15, 0.2) is 91.0 Å². The number of carboxylic acids is 1. The second-order valence-corrected chi connectivity index (χ2v) is 5.89. The van der Waals surface area contributed by atoms with Gasteiger partial charge in [0.05, 0.1) is 17.4 Å². The monoisotopic (exact) mass is 355 g/mol. The summed E-state index contributed by atoms with van der Waals surface area (Å²) in [4.78, 5) is 11.3. The minimum Gasteiger partial charge on any atom is -0.543 e. The van der Waals surface area contributed by atoms with E-state index in [0.717, 1.165) is 17.0 Å². The van der Waals surface area contributed by atoms with Gasteiger partial charge in [0.15, 0.2) is 0 Å². The summed E-state index contributed by atoms with van der Waals surface area (Å²) in [6, 6.07) is 27.8. The molecule has 0 saturated carbocycles. The lowest BCUT2D eigenvalue weighted by atomic mass is 10.1. The van der Waals surface area contributed by atoms with Gasteiger partial charge in [-0.2, -0.15) is 5.10 Å². The van der Waals surface area contributed by atoms with Crippen LogP contribution in [0.25, 0.3) is 16.9 Å². The van der Waals surface area contributed by atoms with Crippen molar-refractivity contribution in [3.05, 3.63) is 96.7 Å². The number of aromatic nitrogens is 2. The van der Waals surface area contributed by atoms with Crippen LogP contribution in [0.5, 0.6) is 11.5 Å². The molecule has 5 nitrogen and oxygen atoms in total. The number of hydrogen-bond donors (Lipinski definition) is 0. The van der Waals surface area contributed by atoms with Crippen LogP contribution in [0, 0.1) is 0 Å². The molecular formula is C22H15N2O3-. The second kappa shape index (κ2) is 7.17. The van der Waals surface area contributed by atoms with E-state index in [9.17, 15) is 9.90 Å². The Morgan fingerprint density at radius 2 is 1.41 bits per heavy atom. The largest absolute Gasteiger partial charge is 0.543 e. The molecule has 0 aliphatic carbocycles. The standard InChI is InChI=1S/C22H16N2O3/c25-22(26)20-15-21(24(23-20)17-7-3-1-4-8-17)16-11-13-19(14-12-16)27-18-9-5-2-6-10-18/h1-15H,(H,25,26)/p-1. The van der Waals surface area contributed by atoms with Crippen LogP contribution in [0.1, 0.15) is 10.5 Å². The third-order valence-corrected chi connectivity index (χ3v) is 4.05. The Hall–Kier alpha value is -3.86. The van der Waals surface area contributed by atoms with Crippen molar-refractivity contribution in [3.63, 3.8) is 0 Å². The lowest BCUT2D eigenvalue weighted by Crippen LogP contribution is -2.22. The Kier molecular flexibility index (Phi) is 4.41. The number of aromatic carboxylic acids is 1. The van der Waals surface area contributed by atoms with E-state index in [1.165, 1.54) is 6.07 Å². The fraction of sp³-hybridized carbons (Fsp3) is 0. The molecule has 0 amide bonds. The topological polar surface area (TPSA) is 67.2 Å². The lowest BCUT2D eigenvalue weighted by Gasteiger charge is -2.09. The quantitative estimate of drug-likeness (QED) is 0.547. The van der Waals surface area contributed by atoms with E-state index in [-0.39, 0.29) is 5.69 Å². The van der Waals surface area contributed by atoms with Gasteiger partial charge < -0.3 is 14.6 Å². The van der Waals surface area contributed by atoms with Crippen molar-refractivity contribution in [2.45, 2.75) is 0 Å². The van der Waals surface area contributed by atoms with Gasteiger partial charge in [0.2, 0.25) is 0 Å². The highest BCUT2D eigenvalue weighted by Crippen LogP contribution is 2.28. The zero-order valence-electron chi connectivity index (χ0n) is 14.3. The maximum absolute atomic E-state index is 11.3. The van der Waals surface area contributed by atoms with Crippen molar-refractivity contribution in [1.82, 2.24) is 9.78 Å². The highest BCUT2D eigenvalue weighted by atomic mass is 16.5. The molecule has 27 heavy (non-hydrogen) atoms. The molecule has 0 atom stereocenters. The zero-order chi connectivity index (χ0) is 18.6. The van der Waals surface area contributed by atoms with Crippen LogP contribution in [-0.4, -0.2) is 15.7 Å². The number of carboxylic acid groups (broad SMARTS) is 1. The Morgan fingerprint density at radius 3 is 2.04 bits per heavy atom. The fourth-order valence-electron chi connectivity index (χ4n) is 2.77. The molecule has 4 rings (SSSR count). The van der Waals surface area contributed by atoms with E-state index >= 15 is 0 Å². The Bertz CT molecular complexity index is 1060. The van der Waals surface area contributed by atoms with Crippen molar-refractivity contribution < 1.29 is 14.6 Å². The molecule has 0 saturated heterocycles. The molecular weight excluding hydrogens is 340 g/mol. The van der Waals surface area contributed by atoms with E-state index < -0.39 is 5.97 Å². The van der Waals surface area contributed by atoms with Crippen LogP contribution >= 0.6 is 0 Å². The average molecular weight is 355 g/mol. The van der Waals surface area contributed by atoms with Crippen molar-refractivity contribution in [1.29, 1.82) is 0 Å². The van der Waals surface area contributed by atoms with Crippen LogP contribution in [-0.2, 0) is 0 Å². The van der Waals surface area contributed by atoms with Crippen LogP contribution < -0.4 is 9.84 Å². The highest BCUT2D eigenvalue weighted by molar-refractivity contribution is 5.85. The number of nitrogens with zero attached hydrogens (tertiary/aromatic N) is 2. The molecule has 1 heterocycles. The average Bonchev–Trinajstić information content (AvgIpc) is 3.16. The van der Waals surface area contributed by atoms with Gasteiger partial charge in [-0.15, -0.1) is 0 Å². The van der Waals surface area contributed by atoms with Gasteiger partial charge in [0.1, 0.15) is 17.2 Å². The summed E-state index contributed by atoms with van der Waals surface area (Å²) >= 11 is 0. The summed E-state index contributed by atoms with van der Waals surface area (Å²) in [7, 11) is 0. The van der Waals surface area contributed by atoms with Crippen molar-refractivity contribution in [2.75, 3.05) is 0 Å². The smallest absolute Gasteiger partial charge is 0.127 e. The van der Waals surface area contributed by atoms with E-state index in [0.29, 0.717) is 11.4 Å². The molecule has 0 aliphatic rings.